The summed E-state index contributed by atoms with van der Waals surface area (Å²) in [7, 11) is 0. The Labute approximate surface area is 173 Å². The minimum absolute atomic E-state index is 0. The first-order valence-corrected chi connectivity index (χ1v) is 9.09. The van der Waals surface area contributed by atoms with Crippen molar-refractivity contribution in [3.8, 4) is 5.75 Å². The SMILES string of the molecule is CCNC(=NCc1cccc(OCC(N)=O)c1)NCC1(CC)CCC1.I. The first-order chi connectivity index (χ1) is 12.1. The number of nitrogens with two attached hydrogens (primary N) is 1. The van der Waals surface area contributed by atoms with E-state index in [9.17, 15) is 4.79 Å². The fraction of sp³-hybridized carbons (Fsp3) is 0.579. The quantitative estimate of drug-likeness (QED) is 0.292. The number of amides is 1. The number of aliphatic imine (C=N–C) groups is 1. The second kappa shape index (κ2) is 11.3. The van der Waals surface area contributed by atoms with E-state index in [4.69, 9.17) is 10.5 Å². The highest BCUT2D eigenvalue weighted by atomic mass is 127. The zero-order chi connectivity index (χ0) is 18.1. The van der Waals surface area contributed by atoms with Gasteiger partial charge in [0.15, 0.2) is 12.6 Å². The third kappa shape index (κ3) is 7.01. The van der Waals surface area contributed by atoms with Gasteiger partial charge in [0.2, 0.25) is 0 Å². The molecule has 6 nitrogen and oxygen atoms in total. The van der Waals surface area contributed by atoms with E-state index in [1.165, 1.54) is 25.7 Å². The number of halogens is 1. The molecule has 1 aromatic rings. The summed E-state index contributed by atoms with van der Waals surface area (Å²) in [6, 6.07) is 7.57. The van der Waals surface area contributed by atoms with Crippen molar-refractivity contribution < 1.29 is 9.53 Å². The van der Waals surface area contributed by atoms with Crippen LogP contribution in [-0.4, -0.2) is 31.6 Å². The van der Waals surface area contributed by atoms with Crippen molar-refractivity contribution in [2.45, 2.75) is 46.1 Å². The fourth-order valence-corrected chi connectivity index (χ4v) is 3.00. The number of carbonyl (C=O) groups is 1. The molecule has 7 heteroatoms. The van der Waals surface area contributed by atoms with Crippen LogP contribution < -0.4 is 21.1 Å². The number of hydrogen-bond donors (Lipinski definition) is 3. The van der Waals surface area contributed by atoms with Gasteiger partial charge in [-0.15, -0.1) is 24.0 Å². The highest BCUT2D eigenvalue weighted by Crippen LogP contribution is 2.42. The molecule has 1 saturated carbocycles. The predicted molar refractivity (Wildman–Crippen MR) is 116 cm³/mol. The van der Waals surface area contributed by atoms with E-state index in [-0.39, 0.29) is 30.6 Å². The van der Waals surface area contributed by atoms with E-state index in [0.29, 0.717) is 17.7 Å². The normalized spacial score (nSPS) is 15.4. The van der Waals surface area contributed by atoms with Crippen molar-refractivity contribution in [3.05, 3.63) is 29.8 Å². The van der Waals surface area contributed by atoms with E-state index in [2.05, 4.69) is 29.5 Å². The van der Waals surface area contributed by atoms with Crippen molar-refractivity contribution >= 4 is 35.8 Å². The summed E-state index contributed by atoms with van der Waals surface area (Å²) in [6.45, 7) is 6.55. The molecule has 1 aliphatic rings. The molecular formula is C19H31IN4O2. The van der Waals surface area contributed by atoms with Crippen LogP contribution in [0.1, 0.15) is 45.1 Å². The standard InChI is InChI=1S/C19H30N4O2.HI/c1-3-19(9-6-10-19)14-23-18(21-4-2)22-12-15-7-5-8-16(11-15)25-13-17(20)24;/h5,7-8,11H,3-4,6,9-10,12-14H2,1-2H3,(H2,20,24)(H2,21,22,23);1H. The first-order valence-electron chi connectivity index (χ1n) is 9.09. The van der Waals surface area contributed by atoms with Gasteiger partial charge in [0.05, 0.1) is 6.54 Å². The molecule has 0 aliphatic heterocycles. The third-order valence-electron chi connectivity index (χ3n) is 4.84. The number of nitrogens with one attached hydrogen (secondary N) is 2. The van der Waals surface area contributed by atoms with Crippen LogP contribution in [0.3, 0.4) is 0 Å². The Hall–Kier alpha value is -1.51. The molecule has 1 fully saturated rings. The lowest BCUT2D eigenvalue weighted by atomic mass is 9.67. The molecule has 1 aliphatic carbocycles. The van der Waals surface area contributed by atoms with Crippen molar-refractivity contribution in [2.24, 2.45) is 16.1 Å². The summed E-state index contributed by atoms with van der Waals surface area (Å²) in [5.74, 6) is 0.984. The largest absolute Gasteiger partial charge is 0.484 e. The van der Waals surface area contributed by atoms with E-state index >= 15 is 0 Å². The van der Waals surface area contributed by atoms with Gasteiger partial charge in [-0.1, -0.05) is 25.5 Å². The van der Waals surface area contributed by atoms with E-state index < -0.39 is 5.91 Å². The summed E-state index contributed by atoms with van der Waals surface area (Å²) in [5, 5.41) is 6.78. The second-order valence-corrected chi connectivity index (χ2v) is 6.66. The summed E-state index contributed by atoms with van der Waals surface area (Å²) in [4.78, 5) is 15.5. The Morgan fingerprint density at radius 1 is 1.31 bits per heavy atom. The van der Waals surface area contributed by atoms with E-state index in [0.717, 1.165) is 24.6 Å². The molecule has 0 heterocycles. The van der Waals surface area contributed by atoms with Gasteiger partial charge in [-0.05, 0) is 49.3 Å². The minimum Gasteiger partial charge on any atom is -0.484 e. The summed E-state index contributed by atoms with van der Waals surface area (Å²) < 4.78 is 5.34. The van der Waals surface area contributed by atoms with Gasteiger partial charge >= 0.3 is 0 Å². The number of benzene rings is 1. The van der Waals surface area contributed by atoms with Crippen LogP contribution in [0.5, 0.6) is 5.75 Å². The molecule has 0 bridgehead atoms. The molecule has 0 atom stereocenters. The van der Waals surface area contributed by atoms with Crippen LogP contribution >= 0.6 is 24.0 Å². The molecule has 2 rings (SSSR count). The Morgan fingerprint density at radius 2 is 2.08 bits per heavy atom. The average Bonchev–Trinajstić information content (AvgIpc) is 2.57. The van der Waals surface area contributed by atoms with Crippen molar-refractivity contribution in [3.63, 3.8) is 0 Å². The number of primary amides is 1. The smallest absolute Gasteiger partial charge is 0.255 e. The Bertz CT molecular complexity index is 597. The molecular weight excluding hydrogens is 443 g/mol. The average molecular weight is 474 g/mol. The molecule has 26 heavy (non-hydrogen) atoms. The van der Waals surface area contributed by atoms with Crippen LogP contribution in [-0.2, 0) is 11.3 Å². The lowest BCUT2D eigenvalue weighted by Crippen LogP contribution is -2.46. The zero-order valence-electron chi connectivity index (χ0n) is 15.7. The van der Waals surface area contributed by atoms with Crippen molar-refractivity contribution in [1.29, 1.82) is 0 Å². The first kappa shape index (κ1) is 22.5. The third-order valence-corrected chi connectivity index (χ3v) is 4.84. The molecule has 0 saturated heterocycles. The van der Waals surface area contributed by atoms with Crippen LogP contribution in [0.15, 0.2) is 29.3 Å². The highest BCUT2D eigenvalue weighted by molar-refractivity contribution is 14.0. The number of ether oxygens (including phenoxy) is 1. The van der Waals surface area contributed by atoms with Gasteiger partial charge in [-0.2, -0.15) is 0 Å². The van der Waals surface area contributed by atoms with E-state index in [1.54, 1.807) is 6.07 Å². The number of nitrogens with zero attached hydrogens (tertiary/aromatic N) is 1. The molecule has 146 valence electrons. The summed E-state index contributed by atoms with van der Waals surface area (Å²) in [5.41, 5.74) is 6.57. The Morgan fingerprint density at radius 3 is 2.65 bits per heavy atom. The number of rotatable bonds is 9. The predicted octanol–water partition coefficient (Wildman–Crippen LogP) is 2.80. The maximum atomic E-state index is 10.8. The molecule has 1 aromatic carbocycles. The topological polar surface area (TPSA) is 88.7 Å². The lowest BCUT2D eigenvalue weighted by Gasteiger charge is -2.41. The lowest BCUT2D eigenvalue weighted by molar-refractivity contribution is -0.119. The van der Waals surface area contributed by atoms with Gasteiger partial charge < -0.3 is 21.1 Å². The van der Waals surface area contributed by atoms with Crippen LogP contribution in [0.4, 0.5) is 0 Å². The highest BCUT2D eigenvalue weighted by Gasteiger charge is 2.34. The van der Waals surface area contributed by atoms with Crippen molar-refractivity contribution in [2.75, 3.05) is 19.7 Å². The molecule has 4 N–H and O–H groups in total. The zero-order valence-corrected chi connectivity index (χ0v) is 18.0. The number of hydrogen-bond acceptors (Lipinski definition) is 3. The van der Waals surface area contributed by atoms with Gasteiger partial charge in [0, 0.05) is 13.1 Å². The Kier molecular flexibility index (Phi) is 9.75. The monoisotopic (exact) mass is 474 g/mol. The minimum atomic E-state index is -0.483. The summed E-state index contributed by atoms with van der Waals surface area (Å²) in [6.07, 6.45) is 5.14. The second-order valence-electron chi connectivity index (χ2n) is 6.66. The van der Waals surface area contributed by atoms with Gasteiger partial charge in [0.25, 0.3) is 5.91 Å². The molecule has 0 spiro atoms. The maximum Gasteiger partial charge on any atom is 0.255 e. The Balaban J connectivity index is 0.00000338. The molecule has 0 unspecified atom stereocenters. The van der Waals surface area contributed by atoms with Crippen LogP contribution in [0, 0.1) is 5.41 Å². The number of carbonyl (C=O) groups excluding carboxylic acids is 1. The van der Waals surface area contributed by atoms with Crippen LogP contribution in [0.25, 0.3) is 0 Å². The molecule has 0 radical (unpaired) electrons. The summed E-state index contributed by atoms with van der Waals surface area (Å²) >= 11 is 0. The van der Waals surface area contributed by atoms with Gasteiger partial charge in [-0.25, -0.2) is 4.99 Å². The number of guanidine groups is 1. The molecule has 1 amide bonds. The van der Waals surface area contributed by atoms with Crippen LogP contribution in [0.2, 0.25) is 0 Å². The maximum absolute atomic E-state index is 10.8. The molecule has 0 aromatic heterocycles. The van der Waals surface area contributed by atoms with Gasteiger partial charge in [-0.3, -0.25) is 4.79 Å². The van der Waals surface area contributed by atoms with Gasteiger partial charge in [0.1, 0.15) is 5.75 Å². The van der Waals surface area contributed by atoms with E-state index in [1.807, 2.05) is 18.2 Å². The fourth-order valence-electron chi connectivity index (χ4n) is 3.00. The van der Waals surface area contributed by atoms with Crippen molar-refractivity contribution in [1.82, 2.24) is 10.6 Å².